The number of rotatable bonds is 6. The summed E-state index contributed by atoms with van der Waals surface area (Å²) in [4.78, 5) is 44.8. The monoisotopic (exact) mass is 431 g/mol. The number of cyclic esters (lactones) is 1. The first-order chi connectivity index (χ1) is 13.4. The fraction of sp³-hybridized carbons (Fsp3) is 0.385. The molecule has 3 atom stereocenters. The molecule has 3 aliphatic heterocycles. The fourth-order valence-corrected chi connectivity index (χ4v) is 4.80. The van der Waals surface area contributed by atoms with Crippen LogP contribution in [-0.2, 0) is 24.0 Å². The second-order valence-electron chi connectivity index (χ2n) is 5.57. The number of thioether (sulfide) groups is 1. The van der Waals surface area contributed by atoms with Crippen LogP contribution in [0.4, 0.5) is 9.52 Å². The smallest absolute Gasteiger partial charge is 0.362 e. The third kappa shape index (κ3) is 2.87. The maximum Gasteiger partial charge on any atom is 0.362 e. The van der Waals surface area contributed by atoms with Crippen LogP contribution in [0.1, 0.15) is 5.82 Å². The number of carboxylic acid groups (broad SMARTS) is 1. The maximum absolute atomic E-state index is 12.5. The number of ether oxygens (including phenoxy) is 1. The number of aliphatic carboxylic acids is 1. The Morgan fingerprint density at radius 3 is 3.00 bits per heavy atom. The van der Waals surface area contributed by atoms with Gasteiger partial charge in [0.05, 0.1) is 0 Å². The van der Waals surface area contributed by atoms with Crippen LogP contribution < -0.4 is 5.32 Å². The van der Waals surface area contributed by atoms with E-state index in [0.29, 0.717) is 11.3 Å². The molecule has 0 aromatic carbocycles. The number of halogens is 1. The molecule has 1 fully saturated rings. The van der Waals surface area contributed by atoms with Gasteiger partial charge in [0.2, 0.25) is 23.0 Å². The average molecular weight is 431 g/mol. The van der Waals surface area contributed by atoms with Gasteiger partial charge in [-0.25, -0.2) is 14.0 Å². The maximum atomic E-state index is 12.5. The van der Waals surface area contributed by atoms with E-state index < -0.39 is 48.1 Å². The van der Waals surface area contributed by atoms with E-state index >= 15 is 0 Å². The lowest BCUT2D eigenvalue weighted by molar-refractivity contribution is -0.156. The molecule has 0 saturated carbocycles. The number of carbonyl (C=O) groups excluding carboxylic acids is 2. The van der Waals surface area contributed by atoms with E-state index in [2.05, 4.69) is 24.7 Å². The van der Waals surface area contributed by atoms with Crippen LogP contribution in [-0.4, -0.2) is 78.3 Å². The first kappa shape index (κ1) is 18.6. The highest BCUT2D eigenvalue weighted by Crippen LogP contribution is 2.44. The number of nitrogens with zero attached hydrogens (tertiary/aromatic N) is 4. The van der Waals surface area contributed by atoms with Crippen molar-refractivity contribution in [2.45, 2.75) is 17.7 Å². The Morgan fingerprint density at radius 1 is 1.50 bits per heavy atom. The zero-order valence-electron chi connectivity index (χ0n) is 13.6. The van der Waals surface area contributed by atoms with Crippen LogP contribution in [0.3, 0.4) is 0 Å². The van der Waals surface area contributed by atoms with Crippen LogP contribution in [0.25, 0.3) is 0 Å². The first-order valence-corrected chi connectivity index (χ1v) is 9.41. The Hall–Kier alpha value is -2.78. The fourth-order valence-electron chi connectivity index (χ4n) is 2.83. The zero-order valence-corrected chi connectivity index (χ0v) is 15.2. The average Bonchev–Trinajstić information content (AvgIpc) is 3.23. The molecule has 1 amide bonds. The van der Waals surface area contributed by atoms with Crippen LogP contribution in [0.2, 0.25) is 0 Å². The summed E-state index contributed by atoms with van der Waals surface area (Å²) in [6.45, 7) is -1.31. The number of aliphatic hydroxyl groups excluding tert-OH is 1. The number of hydrogen-bond donors (Lipinski definition) is 3. The number of carboxylic acids is 1. The third-order valence-electron chi connectivity index (χ3n) is 4.03. The number of alkyl halides is 1. The second kappa shape index (κ2) is 6.99. The minimum absolute atomic E-state index is 0.0564. The molecule has 4 rings (SSSR count). The van der Waals surface area contributed by atoms with Crippen molar-refractivity contribution in [1.29, 1.82) is 0 Å². The third-order valence-corrected chi connectivity index (χ3v) is 5.98. The van der Waals surface area contributed by atoms with E-state index in [1.807, 2.05) is 0 Å². The Labute approximate surface area is 163 Å². The lowest BCUT2D eigenvalue weighted by Gasteiger charge is -2.48. The van der Waals surface area contributed by atoms with Gasteiger partial charge in [0.1, 0.15) is 17.1 Å². The molecule has 12 nitrogen and oxygen atoms in total. The lowest BCUT2D eigenvalue weighted by atomic mass is 10.0. The number of amides is 1. The standard InChI is InChI=1S/C13H10FN5O7S2/c14-2-25-17-4(10(21)22)7-16-13(28-18-7)15-5-8(20)19-6-3(1-27-9(5)19)11(23)26-12(6)24/h5,9,11,23H,1-2H2,(H,21,22)(H,15,16,18)/b17-4-. The van der Waals surface area contributed by atoms with E-state index in [0.717, 1.165) is 11.5 Å². The number of carbonyl (C=O) groups is 3. The molecule has 1 aromatic heterocycles. The Bertz CT molecular complexity index is 934. The van der Waals surface area contributed by atoms with Crippen molar-refractivity contribution >= 4 is 52.0 Å². The quantitative estimate of drug-likeness (QED) is 0.221. The van der Waals surface area contributed by atoms with Gasteiger partial charge in [0, 0.05) is 22.9 Å². The van der Waals surface area contributed by atoms with Crippen molar-refractivity contribution in [2.24, 2.45) is 5.16 Å². The molecular formula is C13H10FN5O7S2. The van der Waals surface area contributed by atoms with Gasteiger partial charge >= 0.3 is 11.9 Å². The Balaban J connectivity index is 1.50. The molecule has 0 aliphatic carbocycles. The van der Waals surface area contributed by atoms with E-state index in [1.54, 1.807) is 0 Å². The summed E-state index contributed by atoms with van der Waals surface area (Å²) in [5, 5.41) is 24.4. The van der Waals surface area contributed by atoms with E-state index in [4.69, 9.17) is 9.84 Å². The molecule has 1 saturated heterocycles. The van der Waals surface area contributed by atoms with Gasteiger partial charge in [-0.2, -0.15) is 9.36 Å². The summed E-state index contributed by atoms with van der Waals surface area (Å²) in [5.41, 5.74) is -0.277. The molecule has 148 valence electrons. The number of fused-ring (bicyclic) bond motifs is 2. The number of hydrogen-bond acceptors (Lipinski definition) is 12. The van der Waals surface area contributed by atoms with E-state index in [9.17, 15) is 23.9 Å². The highest BCUT2D eigenvalue weighted by Gasteiger charge is 2.57. The van der Waals surface area contributed by atoms with Gasteiger partial charge in [-0.3, -0.25) is 9.69 Å². The normalized spacial score (nSPS) is 26.4. The van der Waals surface area contributed by atoms with Crippen LogP contribution in [0, 0.1) is 0 Å². The number of aromatic nitrogens is 2. The SMILES string of the molecule is O=C1OC(O)C2=C1N1C(=O)C(Nc3nc(/C(=N/OCF)C(=O)O)ns3)C1SC2. The number of esters is 1. The summed E-state index contributed by atoms with van der Waals surface area (Å²) in [6.07, 6.45) is -1.35. The van der Waals surface area contributed by atoms with Gasteiger partial charge in [0.25, 0.3) is 12.8 Å². The second-order valence-corrected chi connectivity index (χ2v) is 7.43. The number of anilines is 1. The van der Waals surface area contributed by atoms with Crippen molar-refractivity contribution in [3.8, 4) is 0 Å². The van der Waals surface area contributed by atoms with Gasteiger partial charge in [-0.05, 0) is 0 Å². The first-order valence-electron chi connectivity index (χ1n) is 7.59. The molecule has 3 aliphatic rings. The van der Waals surface area contributed by atoms with E-state index in [1.165, 1.54) is 16.7 Å². The molecule has 0 spiro atoms. The Kier molecular flexibility index (Phi) is 4.64. The van der Waals surface area contributed by atoms with Gasteiger partial charge in [0.15, 0.2) is 0 Å². The lowest BCUT2D eigenvalue weighted by Crippen LogP contribution is -2.67. The molecule has 1 aromatic rings. The van der Waals surface area contributed by atoms with Crippen LogP contribution in [0.5, 0.6) is 0 Å². The minimum atomic E-state index is -1.51. The minimum Gasteiger partial charge on any atom is -0.476 e. The van der Waals surface area contributed by atoms with Crippen molar-refractivity contribution in [1.82, 2.24) is 14.3 Å². The van der Waals surface area contributed by atoms with Gasteiger partial charge in [-0.15, -0.1) is 11.8 Å². The van der Waals surface area contributed by atoms with Crippen molar-refractivity contribution in [2.75, 3.05) is 17.9 Å². The van der Waals surface area contributed by atoms with E-state index in [-0.39, 0.29) is 16.7 Å². The van der Waals surface area contributed by atoms with Crippen molar-refractivity contribution in [3.05, 3.63) is 17.1 Å². The number of oxime groups is 1. The number of aliphatic hydroxyl groups is 1. The largest absolute Gasteiger partial charge is 0.476 e. The topological polar surface area (TPSA) is 164 Å². The van der Waals surface area contributed by atoms with Crippen molar-refractivity contribution in [3.63, 3.8) is 0 Å². The predicted molar refractivity (Wildman–Crippen MR) is 90.8 cm³/mol. The number of nitrogens with one attached hydrogen (secondary N) is 1. The molecule has 4 heterocycles. The molecule has 0 radical (unpaired) electrons. The Morgan fingerprint density at radius 2 is 2.29 bits per heavy atom. The molecule has 0 bridgehead atoms. The summed E-state index contributed by atoms with van der Waals surface area (Å²) in [5.74, 6) is -2.69. The highest BCUT2D eigenvalue weighted by atomic mass is 32.2. The molecule has 15 heteroatoms. The summed E-state index contributed by atoms with van der Waals surface area (Å²) < 4.78 is 20.6. The summed E-state index contributed by atoms with van der Waals surface area (Å²) in [7, 11) is 0. The summed E-state index contributed by atoms with van der Waals surface area (Å²) in [6, 6.07) is -0.738. The summed E-state index contributed by atoms with van der Waals surface area (Å²) >= 11 is 2.10. The predicted octanol–water partition coefficient (Wildman–Crippen LogP) is -0.905. The molecule has 28 heavy (non-hydrogen) atoms. The zero-order chi connectivity index (χ0) is 20.0. The van der Waals surface area contributed by atoms with Gasteiger partial charge < -0.3 is 25.1 Å². The van der Waals surface area contributed by atoms with Crippen LogP contribution in [0.15, 0.2) is 16.4 Å². The van der Waals surface area contributed by atoms with Gasteiger partial charge in [-0.1, -0.05) is 5.16 Å². The highest BCUT2D eigenvalue weighted by molar-refractivity contribution is 8.00. The van der Waals surface area contributed by atoms with Crippen molar-refractivity contribution < 1.29 is 38.6 Å². The van der Waals surface area contributed by atoms with Crippen LogP contribution >= 0.6 is 23.3 Å². The number of β-lactam (4-membered cyclic amide) rings is 1. The molecule has 3 unspecified atom stereocenters. The molecule has 3 N–H and O–H groups in total. The molecular weight excluding hydrogens is 421 g/mol.